The topological polar surface area (TPSA) is 79.4 Å². The number of aromatic nitrogens is 1. The van der Waals surface area contributed by atoms with Gasteiger partial charge in [-0.25, -0.2) is 21.6 Å². The molecule has 0 bridgehead atoms. The Morgan fingerprint density at radius 3 is 2.34 bits per heavy atom. The molecule has 1 N–H and O–H groups in total. The van der Waals surface area contributed by atoms with E-state index in [0.717, 1.165) is 34.8 Å². The number of hydrogen-bond donors (Lipinski definition) is 1. The fraction of sp³-hybridized carbons (Fsp3) is 0.520. The van der Waals surface area contributed by atoms with Crippen LogP contribution in [0, 0.1) is 17.6 Å². The van der Waals surface area contributed by atoms with Gasteiger partial charge in [-0.3, -0.25) is 9.78 Å². The van der Waals surface area contributed by atoms with Gasteiger partial charge in [-0.15, -0.1) is 0 Å². The lowest BCUT2D eigenvalue weighted by molar-refractivity contribution is -0.182. The standard InChI is InChI=1S/C25H27F6N3O3S/c1-14-21(27)11-23(34(14)38(36,37)19-8-6-17(26)7-9-19)24(35)33-12-18-10-20(22(28)13-32-18)15-2-4-16(5-3-15)25(29,30)31/h6-10,13-16,21,23H,2-5,11-12H2,1H3,(H,33,35)/t14-,15-,16-,21+,23-/m0/s1. The van der Waals surface area contributed by atoms with E-state index < -0.39 is 70.3 Å². The molecule has 4 rings (SSSR count). The second-order valence-corrected chi connectivity index (χ2v) is 11.6. The fourth-order valence-electron chi connectivity index (χ4n) is 5.23. The molecule has 0 spiro atoms. The van der Waals surface area contributed by atoms with Crippen molar-refractivity contribution in [1.29, 1.82) is 0 Å². The molecule has 2 heterocycles. The van der Waals surface area contributed by atoms with Crippen molar-refractivity contribution in [2.24, 2.45) is 5.92 Å². The number of carbonyl (C=O) groups excluding carboxylic acids is 1. The molecule has 2 aromatic rings. The van der Waals surface area contributed by atoms with Gasteiger partial charge >= 0.3 is 6.18 Å². The summed E-state index contributed by atoms with van der Waals surface area (Å²) >= 11 is 0. The molecule has 2 aliphatic rings. The molecule has 1 saturated carbocycles. The molecule has 1 aliphatic carbocycles. The highest BCUT2D eigenvalue weighted by Gasteiger charge is 2.49. The molecule has 1 saturated heterocycles. The van der Waals surface area contributed by atoms with Gasteiger partial charge in [0.2, 0.25) is 15.9 Å². The molecule has 1 amide bonds. The molecule has 0 unspecified atom stereocenters. The van der Waals surface area contributed by atoms with E-state index in [9.17, 15) is 39.6 Å². The summed E-state index contributed by atoms with van der Waals surface area (Å²) in [6, 6.07) is 2.81. The van der Waals surface area contributed by atoms with Gasteiger partial charge in [0.05, 0.1) is 35.3 Å². The summed E-state index contributed by atoms with van der Waals surface area (Å²) in [4.78, 5) is 16.6. The number of rotatable bonds is 6. The first-order valence-electron chi connectivity index (χ1n) is 12.2. The van der Waals surface area contributed by atoms with Crippen LogP contribution in [0.15, 0.2) is 41.4 Å². The Morgan fingerprint density at radius 1 is 1.11 bits per heavy atom. The zero-order valence-electron chi connectivity index (χ0n) is 20.4. The molecule has 2 fully saturated rings. The minimum atomic E-state index is -4.34. The summed E-state index contributed by atoms with van der Waals surface area (Å²) in [5.41, 5.74) is 0.437. The molecule has 1 aliphatic heterocycles. The maximum atomic E-state index is 14.6. The second-order valence-electron chi connectivity index (χ2n) is 9.80. The van der Waals surface area contributed by atoms with Crippen molar-refractivity contribution in [3.8, 4) is 0 Å². The van der Waals surface area contributed by atoms with Gasteiger partial charge < -0.3 is 5.32 Å². The van der Waals surface area contributed by atoms with Gasteiger partial charge in [0.25, 0.3) is 0 Å². The van der Waals surface area contributed by atoms with Crippen LogP contribution in [-0.2, 0) is 21.4 Å². The molecular formula is C25H27F6N3O3S. The highest BCUT2D eigenvalue weighted by atomic mass is 32.2. The molecule has 1 aromatic heterocycles. The largest absolute Gasteiger partial charge is 0.391 e. The summed E-state index contributed by atoms with van der Waals surface area (Å²) in [5, 5.41) is 2.52. The van der Waals surface area contributed by atoms with Crippen molar-refractivity contribution >= 4 is 15.9 Å². The number of alkyl halides is 4. The minimum absolute atomic E-state index is 0.107. The van der Waals surface area contributed by atoms with Crippen molar-refractivity contribution in [3.05, 3.63) is 59.4 Å². The average molecular weight is 564 g/mol. The third-order valence-corrected chi connectivity index (χ3v) is 9.40. The van der Waals surface area contributed by atoms with E-state index >= 15 is 0 Å². The zero-order chi connectivity index (χ0) is 27.8. The molecular weight excluding hydrogens is 536 g/mol. The molecule has 13 heteroatoms. The predicted molar refractivity (Wildman–Crippen MR) is 125 cm³/mol. The quantitative estimate of drug-likeness (QED) is 0.502. The van der Waals surface area contributed by atoms with E-state index in [0.29, 0.717) is 0 Å². The van der Waals surface area contributed by atoms with Crippen molar-refractivity contribution in [2.45, 2.75) is 80.8 Å². The number of nitrogens with one attached hydrogen (secondary N) is 1. The first-order valence-corrected chi connectivity index (χ1v) is 13.6. The number of halogens is 6. The van der Waals surface area contributed by atoms with Gasteiger partial charge in [0, 0.05) is 6.42 Å². The first-order chi connectivity index (χ1) is 17.8. The van der Waals surface area contributed by atoms with Gasteiger partial charge in [-0.2, -0.15) is 17.5 Å². The van der Waals surface area contributed by atoms with Crippen molar-refractivity contribution in [2.75, 3.05) is 0 Å². The monoisotopic (exact) mass is 563 g/mol. The predicted octanol–water partition coefficient (Wildman–Crippen LogP) is 5.00. The summed E-state index contributed by atoms with van der Waals surface area (Å²) in [5.74, 6) is -3.94. The molecule has 1 aromatic carbocycles. The first kappa shape index (κ1) is 28.3. The van der Waals surface area contributed by atoms with Crippen LogP contribution in [0.2, 0.25) is 0 Å². The summed E-state index contributed by atoms with van der Waals surface area (Å²) in [6.45, 7) is 1.11. The van der Waals surface area contributed by atoms with E-state index in [1.165, 1.54) is 13.0 Å². The van der Waals surface area contributed by atoms with E-state index in [1.54, 1.807) is 0 Å². The number of pyridine rings is 1. The Kier molecular flexibility index (Phi) is 8.08. The van der Waals surface area contributed by atoms with Crippen molar-refractivity contribution in [1.82, 2.24) is 14.6 Å². The molecule has 3 atom stereocenters. The number of sulfonamides is 1. The van der Waals surface area contributed by atoms with Crippen molar-refractivity contribution < 1.29 is 39.6 Å². The Balaban J connectivity index is 1.46. The summed E-state index contributed by atoms with van der Waals surface area (Å²) in [7, 11) is -4.34. The Labute approximate surface area is 216 Å². The van der Waals surface area contributed by atoms with Crippen LogP contribution in [0.1, 0.15) is 56.2 Å². The van der Waals surface area contributed by atoms with Crippen LogP contribution < -0.4 is 5.32 Å². The highest BCUT2D eigenvalue weighted by molar-refractivity contribution is 7.89. The lowest BCUT2D eigenvalue weighted by Crippen LogP contribution is -2.48. The van der Waals surface area contributed by atoms with Crippen LogP contribution in [0.4, 0.5) is 26.3 Å². The Morgan fingerprint density at radius 2 is 1.74 bits per heavy atom. The minimum Gasteiger partial charge on any atom is -0.349 e. The van der Waals surface area contributed by atoms with E-state index in [4.69, 9.17) is 0 Å². The maximum Gasteiger partial charge on any atom is 0.391 e. The number of benzene rings is 1. The number of carbonyl (C=O) groups is 1. The van der Waals surface area contributed by atoms with E-state index in [-0.39, 0.29) is 48.4 Å². The van der Waals surface area contributed by atoms with Crippen molar-refractivity contribution in [3.63, 3.8) is 0 Å². The zero-order valence-corrected chi connectivity index (χ0v) is 21.2. The average Bonchev–Trinajstić information content (AvgIpc) is 3.18. The van der Waals surface area contributed by atoms with Crippen LogP contribution in [0.3, 0.4) is 0 Å². The van der Waals surface area contributed by atoms with Gasteiger partial charge in [-0.1, -0.05) is 0 Å². The van der Waals surface area contributed by atoms with E-state index in [1.807, 2.05) is 0 Å². The van der Waals surface area contributed by atoms with Crippen LogP contribution >= 0.6 is 0 Å². The van der Waals surface area contributed by atoms with Crippen LogP contribution in [0.5, 0.6) is 0 Å². The van der Waals surface area contributed by atoms with Crippen LogP contribution in [-0.4, -0.2) is 48.0 Å². The molecule has 208 valence electrons. The lowest BCUT2D eigenvalue weighted by Gasteiger charge is -2.30. The fourth-order valence-corrected chi connectivity index (χ4v) is 7.04. The molecule has 0 radical (unpaired) electrons. The third-order valence-electron chi connectivity index (χ3n) is 7.39. The SMILES string of the molecule is C[C@H]1[C@H](F)C[C@@H](C(=O)NCc2cc([C@H]3CC[C@H](C(F)(F)F)CC3)c(F)cn2)N1S(=O)(=O)c1ccc(F)cc1. The highest BCUT2D eigenvalue weighted by Crippen LogP contribution is 2.43. The summed E-state index contributed by atoms with van der Waals surface area (Å²) in [6.07, 6.45) is -5.26. The Bertz CT molecular complexity index is 1260. The second kappa shape index (κ2) is 10.8. The number of nitrogens with zero attached hydrogens (tertiary/aromatic N) is 2. The molecule has 38 heavy (non-hydrogen) atoms. The Hall–Kier alpha value is -2.67. The number of amides is 1. The van der Waals surface area contributed by atoms with Gasteiger partial charge in [-0.05, 0) is 74.4 Å². The normalized spacial score (nSPS) is 26.9. The third kappa shape index (κ3) is 5.83. The molecule has 6 nitrogen and oxygen atoms in total. The van der Waals surface area contributed by atoms with Gasteiger partial charge in [0.1, 0.15) is 23.8 Å². The van der Waals surface area contributed by atoms with Gasteiger partial charge in [0.15, 0.2) is 0 Å². The number of hydrogen-bond acceptors (Lipinski definition) is 4. The maximum absolute atomic E-state index is 14.6. The van der Waals surface area contributed by atoms with E-state index in [2.05, 4.69) is 10.3 Å². The lowest BCUT2D eigenvalue weighted by atomic mass is 9.78. The smallest absolute Gasteiger partial charge is 0.349 e. The summed E-state index contributed by atoms with van der Waals surface area (Å²) < 4.78 is 108. The van der Waals surface area contributed by atoms with Crippen LogP contribution in [0.25, 0.3) is 0 Å².